The van der Waals surface area contributed by atoms with E-state index < -0.39 is 10.9 Å². The number of nitro groups is 1. The molecule has 0 unspecified atom stereocenters. The van der Waals surface area contributed by atoms with Gasteiger partial charge in [-0.05, 0) is 37.3 Å². The molecule has 0 aliphatic heterocycles. The molecule has 8 nitrogen and oxygen atoms in total. The number of halogens is 1. The van der Waals surface area contributed by atoms with Gasteiger partial charge in [0.2, 0.25) is 0 Å². The second-order valence-electron chi connectivity index (χ2n) is 6.67. The van der Waals surface area contributed by atoms with Gasteiger partial charge in [-0.3, -0.25) is 10.1 Å². The number of rotatable bonds is 6. The molecular formula is C22H17ClN2O6. The van der Waals surface area contributed by atoms with Crippen LogP contribution in [0.2, 0.25) is 5.02 Å². The number of carbonyl (C=O) groups is 1. The number of aromatic nitrogens is 1. The highest BCUT2D eigenvalue weighted by Gasteiger charge is 2.25. The first kappa shape index (κ1) is 20.5. The van der Waals surface area contributed by atoms with Crippen LogP contribution in [0.15, 0.2) is 59.1 Å². The Balaban J connectivity index is 1.85. The minimum Gasteiger partial charge on any atom is -0.462 e. The normalized spacial score (nSPS) is 10.9. The van der Waals surface area contributed by atoms with E-state index >= 15 is 0 Å². The van der Waals surface area contributed by atoms with Gasteiger partial charge in [-0.2, -0.15) is 0 Å². The highest BCUT2D eigenvalue weighted by atomic mass is 35.5. The van der Waals surface area contributed by atoms with Crippen LogP contribution in [0.3, 0.4) is 0 Å². The number of ether oxygens (including phenoxy) is 2. The maximum Gasteiger partial charge on any atom is 0.342 e. The van der Waals surface area contributed by atoms with Crippen molar-refractivity contribution >= 4 is 34.2 Å². The molecular weight excluding hydrogens is 424 g/mol. The molecule has 0 aliphatic rings. The molecule has 4 rings (SSSR count). The summed E-state index contributed by atoms with van der Waals surface area (Å²) in [5.74, 6) is 0.137. The summed E-state index contributed by atoms with van der Waals surface area (Å²) >= 11 is 6.11. The zero-order valence-electron chi connectivity index (χ0n) is 16.6. The molecule has 2 heterocycles. The van der Waals surface area contributed by atoms with E-state index in [0.717, 1.165) is 0 Å². The van der Waals surface area contributed by atoms with E-state index in [4.69, 9.17) is 25.5 Å². The van der Waals surface area contributed by atoms with Crippen molar-refractivity contribution in [1.29, 1.82) is 0 Å². The summed E-state index contributed by atoms with van der Waals surface area (Å²) < 4.78 is 18.5. The Kier molecular flexibility index (Phi) is 5.39. The lowest BCUT2D eigenvalue weighted by molar-refractivity contribution is -0.385. The van der Waals surface area contributed by atoms with Crippen LogP contribution in [-0.2, 0) is 11.8 Å². The van der Waals surface area contributed by atoms with Gasteiger partial charge in [-0.25, -0.2) is 4.79 Å². The lowest BCUT2D eigenvalue weighted by atomic mass is 10.1. The monoisotopic (exact) mass is 440 g/mol. The van der Waals surface area contributed by atoms with Crippen molar-refractivity contribution in [2.75, 3.05) is 6.61 Å². The topological polar surface area (TPSA) is 96.7 Å². The van der Waals surface area contributed by atoms with Crippen LogP contribution >= 0.6 is 11.6 Å². The zero-order chi connectivity index (χ0) is 22.1. The number of benzene rings is 2. The minimum absolute atomic E-state index is 0.0700. The quantitative estimate of drug-likeness (QED) is 0.208. The molecule has 2 aromatic heterocycles. The van der Waals surface area contributed by atoms with Crippen molar-refractivity contribution in [1.82, 2.24) is 4.57 Å². The van der Waals surface area contributed by atoms with Crippen LogP contribution in [0.5, 0.6) is 11.6 Å². The third kappa shape index (κ3) is 3.85. The van der Waals surface area contributed by atoms with E-state index in [0.29, 0.717) is 33.1 Å². The lowest BCUT2D eigenvalue weighted by Crippen LogP contribution is -2.05. The smallest absolute Gasteiger partial charge is 0.342 e. The predicted molar refractivity (Wildman–Crippen MR) is 115 cm³/mol. The summed E-state index contributed by atoms with van der Waals surface area (Å²) in [6, 6.07) is 13.1. The molecule has 2 aromatic carbocycles. The van der Waals surface area contributed by atoms with E-state index in [1.807, 2.05) is 0 Å². The van der Waals surface area contributed by atoms with Crippen molar-refractivity contribution in [3.05, 3.63) is 75.4 Å². The van der Waals surface area contributed by atoms with E-state index in [-0.39, 0.29) is 23.7 Å². The maximum absolute atomic E-state index is 12.8. The summed E-state index contributed by atoms with van der Waals surface area (Å²) in [6.45, 7) is 1.90. The van der Waals surface area contributed by atoms with E-state index in [2.05, 4.69) is 0 Å². The molecule has 0 saturated carbocycles. The summed E-state index contributed by atoms with van der Waals surface area (Å²) in [5.41, 5.74) is 1.12. The average Bonchev–Trinajstić information content (AvgIpc) is 3.29. The Morgan fingerprint density at radius 3 is 2.74 bits per heavy atom. The van der Waals surface area contributed by atoms with Crippen molar-refractivity contribution in [2.45, 2.75) is 6.92 Å². The fourth-order valence-electron chi connectivity index (χ4n) is 3.26. The molecule has 9 heteroatoms. The molecule has 0 aliphatic carbocycles. The van der Waals surface area contributed by atoms with Gasteiger partial charge in [-0.1, -0.05) is 23.7 Å². The first-order valence-corrected chi connectivity index (χ1v) is 9.74. The van der Waals surface area contributed by atoms with Crippen LogP contribution in [0.25, 0.3) is 22.3 Å². The average molecular weight is 441 g/mol. The number of esters is 1. The van der Waals surface area contributed by atoms with Crippen molar-refractivity contribution in [2.24, 2.45) is 7.05 Å². The predicted octanol–water partition coefficient (Wildman–Crippen LogP) is 5.97. The summed E-state index contributed by atoms with van der Waals surface area (Å²) in [4.78, 5) is 23.5. The number of nitrogens with zero attached hydrogens (tertiary/aromatic N) is 2. The standard InChI is InChI=1S/C22H17ClN2O6/c1-3-29-22(26)19-16-12-15(30-21-17(25(27)28)9-10-24(21)2)7-8-18(16)31-20(19)13-5-4-6-14(23)11-13/h4-12H,3H2,1-2H3. The van der Waals surface area contributed by atoms with Crippen LogP contribution in [0, 0.1) is 10.1 Å². The maximum atomic E-state index is 12.8. The van der Waals surface area contributed by atoms with Crippen molar-refractivity contribution in [3.8, 4) is 23.0 Å². The third-order valence-corrected chi connectivity index (χ3v) is 4.87. The Morgan fingerprint density at radius 2 is 2.03 bits per heavy atom. The highest BCUT2D eigenvalue weighted by molar-refractivity contribution is 6.30. The second-order valence-corrected chi connectivity index (χ2v) is 7.11. The van der Waals surface area contributed by atoms with Crippen LogP contribution < -0.4 is 4.74 Å². The molecule has 0 saturated heterocycles. The van der Waals surface area contributed by atoms with E-state index in [1.165, 1.54) is 16.8 Å². The number of hydrogen-bond acceptors (Lipinski definition) is 6. The van der Waals surface area contributed by atoms with E-state index in [1.54, 1.807) is 56.4 Å². The highest BCUT2D eigenvalue weighted by Crippen LogP contribution is 2.38. The number of carbonyl (C=O) groups excluding carboxylic acids is 1. The Labute approximate surface area is 181 Å². The number of furan rings is 1. The fraction of sp³-hybridized carbons (Fsp3) is 0.136. The molecule has 4 aromatic rings. The Bertz CT molecular complexity index is 1310. The number of aryl methyl sites for hydroxylation is 1. The van der Waals surface area contributed by atoms with Crippen LogP contribution in [0.4, 0.5) is 5.69 Å². The van der Waals surface area contributed by atoms with Gasteiger partial charge in [0, 0.05) is 35.3 Å². The molecule has 0 atom stereocenters. The molecule has 0 N–H and O–H groups in total. The molecule has 0 bridgehead atoms. The summed E-state index contributed by atoms with van der Waals surface area (Å²) in [7, 11) is 1.64. The molecule has 0 spiro atoms. The first-order valence-electron chi connectivity index (χ1n) is 9.36. The molecule has 31 heavy (non-hydrogen) atoms. The van der Waals surface area contributed by atoms with Gasteiger partial charge in [-0.15, -0.1) is 0 Å². The lowest BCUT2D eigenvalue weighted by Gasteiger charge is -2.07. The molecule has 158 valence electrons. The Morgan fingerprint density at radius 1 is 1.23 bits per heavy atom. The molecule has 0 radical (unpaired) electrons. The van der Waals surface area contributed by atoms with Gasteiger partial charge >= 0.3 is 11.7 Å². The fourth-order valence-corrected chi connectivity index (χ4v) is 3.45. The summed E-state index contributed by atoms with van der Waals surface area (Å²) in [6.07, 6.45) is 1.53. The molecule has 0 amide bonds. The van der Waals surface area contributed by atoms with Crippen molar-refractivity contribution < 1.29 is 23.6 Å². The summed E-state index contributed by atoms with van der Waals surface area (Å²) in [5, 5.41) is 12.2. The molecule has 0 fully saturated rings. The van der Waals surface area contributed by atoms with Gasteiger partial charge in [0.25, 0.3) is 5.88 Å². The van der Waals surface area contributed by atoms with Crippen molar-refractivity contribution in [3.63, 3.8) is 0 Å². The largest absolute Gasteiger partial charge is 0.462 e. The third-order valence-electron chi connectivity index (χ3n) is 4.63. The van der Waals surface area contributed by atoms with Crippen LogP contribution in [-0.4, -0.2) is 22.1 Å². The van der Waals surface area contributed by atoms with Crippen LogP contribution in [0.1, 0.15) is 17.3 Å². The first-order chi connectivity index (χ1) is 14.9. The van der Waals surface area contributed by atoms with Gasteiger partial charge in [0.1, 0.15) is 22.7 Å². The van der Waals surface area contributed by atoms with Gasteiger partial charge in [0.15, 0.2) is 0 Å². The van der Waals surface area contributed by atoms with Gasteiger partial charge in [0.05, 0.1) is 11.5 Å². The van der Waals surface area contributed by atoms with E-state index in [9.17, 15) is 14.9 Å². The number of hydrogen-bond donors (Lipinski definition) is 0. The Hall–Kier alpha value is -3.78. The minimum atomic E-state index is -0.557. The number of fused-ring (bicyclic) bond motifs is 1. The second kappa shape index (κ2) is 8.16. The zero-order valence-corrected chi connectivity index (χ0v) is 17.4. The van der Waals surface area contributed by atoms with Gasteiger partial charge < -0.3 is 18.5 Å². The SMILES string of the molecule is CCOC(=O)c1c(-c2cccc(Cl)c2)oc2ccc(Oc3c([N+](=O)[O-])ccn3C)cc12.